The van der Waals surface area contributed by atoms with E-state index in [4.69, 9.17) is 40.6 Å². The molecule has 0 unspecified atom stereocenters. The van der Waals surface area contributed by atoms with Crippen LogP contribution in [0.2, 0.25) is 0 Å². The maximum Gasteiger partial charge on any atom is 0.276 e. The Bertz CT molecular complexity index is 2830. The van der Waals surface area contributed by atoms with Gasteiger partial charge in [-0.1, -0.05) is 12.2 Å². The molecule has 0 spiro atoms. The molecule has 0 bridgehead atoms. The average molecular weight is 847 g/mol. The van der Waals surface area contributed by atoms with Crippen LogP contribution >= 0.6 is 0 Å². The summed E-state index contributed by atoms with van der Waals surface area (Å²) >= 11 is 0. The van der Waals surface area contributed by atoms with Gasteiger partial charge in [0, 0.05) is 87.4 Å². The van der Waals surface area contributed by atoms with E-state index in [0.29, 0.717) is 101 Å². The first kappa shape index (κ1) is 43.0. The van der Waals surface area contributed by atoms with Crippen molar-refractivity contribution in [1.29, 1.82) is 0 Å². The van der Waals surface area contributed by atoms with E-state index in [0.717, 1.165) is 11.4 Å². The molecule has 62 heavy (non-hydrogen) atoms. The summed E-state index contributed by atoms with van der Waals surface area (Å²) in [6.45, 7) is 10.0. The SMILES string of the molecule is CCn1nc(C)cc1C(=O)Nc1nc2cc(C(N)=O)cc(OCCCO)c2n1C/C=C/Cn1c2nc(-c3cc(C)nn3CC)ncc2c2cc(C(N)=O)cc(OCCCOC)c21. The molecule has 3 amide bonds. The van der Waals surface area contributed by atoms with Crippen molar-refractivity contribution in [3.05, 3.63) is 83.0 Å². The van der Waals surface area contributed by atoms with Gasteiger partial charge in [-0.25, -0.2) is 15.0 Å². The van der Waals surface area contributed by atoms with E-state index in [1.54, 1.807) is 46.8 Å². The fourth-order valence-corrected chi connectivity index (χ4v) is 7.37. The van der Waals surface area contributed by atoms with Gasteiger partial charge in [-0.2, -0.15) is 10.2 Å². The highest BCUT2D eigenvalue weighted by Crippen LogP contribution is 2.37. The van der Waals surface area contributed by atoms with Crippen LogP contribution in [0.1, 0.15) is 69.3 Å². The molecule has 6 N–H and O–H groups in total. The first-order valence-corrected chi connectivity index (χ1v) is 20.3. The van der Waals surface area contributed by atoms with Gasteiger partial charge in [0.2, 0.25) is 17.8 Å². The number of hydrogen-bond acceptors (Lipinski definition) is 12. The minimum absolute atomic E-state index is 0.104. The molecule has 0 aliphatic rings. The van der Waals surface area contributed by atoms with Crippen LogP contribution in [0.25, 0.3) is 44.5 Å². The lowest BCUT2D eigenvalue weighted by molar-refractivity contribution is 0.0991. The number of anilines is 1. The maximum atomic E-state index is 13.8. The minimum atomic E-state index is -0.682. The lowest BCUT2D eigenvalue weighted by Crippen LogP contribution is -2.20. The smallest absolute Gasteiger partial charge is 0.276 e. The van der Waals surface area contributed by atoms with Gasteiger partial charge in [0.15, 0.2) is 5.82 Å². The quantitative estimate of drug-likeness (QED) is 0.0610. The molecule has 0 saturated carbocycles. The zero-order chi connectivity index (χ0) is 44.1. The number of aryl methyl sites for hydroxylation is 4. The zero-order valence-corrected chi connectivity index (χ0v) is 35.3. The fourth-order valence-electron chi connectivity index (χ4n) is 7.37. The Hall–Kier alpha value is -7.12. The Morgan fingerprint density at radius 1 is 0.774 bits per heavy atom. The van der Waals surface area contributed by atoms with Crippen molar-refractivity contribution < 1.29 is 33.7 Å². The number of nitrogens with one attached hydrogen (secondary N) is 1. The Morgan fingerprint density at radius 2 is 1.42 bits per heavy atom. The van der Waals surface area contributed by atoms with E-state index >= 15 is 0 Å². The molecule has 7 aromatic rings. The number of benzene rings is 2. The number of amides is 3. The third-order valence-corrected chi connectivity index (χ3v) is 10.2. The molecule has 0 aliphatic heterocycles. The van der Waals surface area contributed by atoms with Crippen molar-refractivity contribution in [2.24, 2.45) is 11.5 Å². The zero-order valence-electron chi connectivity index (χ0n) is 35.3. The molecule has 0 atom stereocenters. The standard InChI is InChI=1S/C43H50N12O7/c1-6-54-32(18-25(3)50-54)40-46-24-30-29-20-27(38(44)57)22-34(62-17-11-15-60-5)36(29)52(41(30)48-40)12-8-9-13-53-37-31(21-28(39(45)58)23-35(37)61-16-10-14-56)47-43(53)49-42(59)33-19-26(4)51-55(33)7-2/h8-9,18-24,56H,6-7,10-17H2,1-5H3,(H2,44,57)(H2,45,58)(H,47,49,59)/b9-8+. The first-order chi connectivity index (χ1) is 30.0. The van der Waals surface area contributed by atoms with E-state index < -0.39 is 17.7 Å². The molecular weight excluding hydrogens is 797 g/mol. The van der Waals surface area contributed by atoms with E-state index in [1.807, 2.05) is 55.2 Å². The van der Waals surface area contributed by atoms with E-state index in [-0.39, 0.29) is 43.4 Å². The molecule has 19 heteroatoms. The van der Waals surface area contributed by atoms with Crippen molar-refractivity contribution in [2.45, 2.75) is 66.7 Å². The van der Waals surface area contributed by atoms with Crippen LogP contribution in [0.3, 0.4) is 0 Å². The highest BCUT2D eigenvalue weighted by molar-refractivity contribution is 6.12. The number of fused-ring (bicyclic) bond motifs is 4. The molecule has 19 nitrogen and oxygen atoms in total. The second kappa shape index (κ2) is 18.7. The van der Waals surface area contributed by atoms with Crippen molar-refractivity contribution in [3.8, 4) is 23.0 Å². The van der Waals surface area contributed by atoms with Crippen LogP contribution in [0.15, 0.2) is 54.7 Å². The van der Waals surface area contributed by atoms with Gasteiger partial charge in [0.25, 0.3) is 5.91 Å². The van der Waals surface area contributed by atoms with Gasteiger partial charge in [0.05, 0.1) is 35.6 Å². The number of carbonyl (C=O) groups is 3. The summed E-state index contributed by atoms with van der Waals surface area (Å²) in [7, 11) is 1.62. The van der Waals surface area contributed by atoms with E-state index in [1.165, 1.54) is 6.07 Å². The molecule has 0 aliphatic carbocycles. The third kappa shape index (κ3) is 8.70. The summed E-state index contributed by atoms with van der Waals surface area (Å²) in [5, 5.41) is 22.8. The van der Waals surface area contributed by atoms with Gasteiger partial charge >= 0.3 is 0 Å². The molecule has 324 valence electrons. The molecule has 0 fully saturated rings. The van der Waals surface area contributed by atoms with Crippen molar-refractivity contribution in [3.63, 3.8) is 0 Å². The Balaban J connectivity index is 1.34. The highest BCUT2D eigenvalue weighted by atomic mass is 16.5. The third-order valence-electron chi connectivity index (χ3n) is 10.2. The van der Waals surface area contributed by atoms with Crippen LogP contribution in [0.4, 0.5) is 5.95 Å². The van der Waals surface area contributed by atoms with Crippen LogP contribution in [0, 0.1) is 13.8 Å². The van der Waals surface area contributed by atoms with Crippen molar-refractivity contribution in [2.75, 3.05) is 38.9 Å². The molecule has 2 aromatic carbocycles. The van der Waals surface area contributed by atoms with Crippen molar-refractivity contribution >= 4 is 56.6 Å². The molecule has 5 heterocycles. The van der Waals surface area contributed by atoms with Gasteiger partial charge < -0.3 is 39.9 Å². The van der Waals surface area contributed by atoms with Gasteiger partial charge in [-0.3, -0.25) is 29.1 Å². The predicted octanol–water partition coefficient (Wildman–Crippen LogP) is 4.53. The fraction of sp³-hybridized carbons (Fsp3) is 0.349. The number of primary amides is 2. The monoisotopic (exact) mass is 846 g/mol. The minimum Gasteiger partial charge on any atom is -0.491 e. The largest absolute Gasteiger partial charge is 0.491 e. The van der Waals surface area contributed by atoms with E-state index in [9.17, 15) is 19.5 Å². The van der Waals surface area contributed by atoms with Crippen LogP contribution < -0.4 is 26.3 Å². The number of hydrogen-bond donors (Lipinski definition) is 4. The molecular formula is C43H50N12O7. The molecule has 0 saturated heterocycles. The van der Waals surface area contributed by atoms with Crippen LogP contribution in [-0.4, -0.2) is 100 Å². The van der Waals surface area contributed by atoms with Crippen LogP contribution in [0.5, 0.6) is 11.5 Å². The summed E-state index contributed by atoms with van der Waals surface area (Å²) in [4.78, 5) is 53.4. The highest BCUT2D eigenvalue weighted by Gasteiger charge is 2.23. The summed E-state index contributed by atoms with van der Waals surface area (Å²) in [6, 6.07) is 10.1. The summed E-state index contributed by atoms with van der Waals surface area (Å²) < 4.78 is 24.9. The number of methoxy groups -OCH3 is 1. The molecule has 5 aromatic heterocycles. The second-order valence-electron chi connectivity index (χ2n) is 14.5. The summed E-state index contributed by atoms with van der Waals surface area (Å²) in [5.74, 6) is -0.321. The molecule has 7 rings (SSSR count). The number of nitrogens with zero attached hydrogens (tertiary/aromatic N) is 9. The topological polar surface area (TPSA) is 247 Å². The Kier molecular flexibility index (Phi) is 12.9. The maximum absolute atomic E-state index is 13.8. The number of imidazole rings is 1. The predicted molar refractivity (Wildman–Crippen MR) is 232 cm³/mol. The van der Waals surface area contributed by atoms with Gasteiger partial charge in [0.1, 0.15) is 34.1 Å². The Morgan fingerprint density at radius 3 is 2.10 bits per heavy atom. The second-order valence-corrected chi connectivity index (χ2v) is 14.5. The number of allylic oxidation sites excluding steroid dienone is 2. The van der Waals surface area contributed by atoms with Gasteiger partial charge in [-0.15, -0.1) is 0 Å². The summed E-state index contributed by atoms with van der Waals surface area (Å²) in [5.41, 5.74) is 16.7. The van der Waals surface area contributed by atoms with E-state index in [2.05, 4.69) is 15.5 Å². The molecule has 0 radical (unpaired) electrons. The number of nitrogens with two attached hydrogens (primary N) is 2. The van der Waals surface area contributed by atoms with Crippen molar-refractivity contribution in [1.82, 2.24) is 43.6 Å². The van der Waals surface area contributed by atoms with Gasteiger partial charge in [-0.05, 0) is 64.1 Å². The number of aliphatic hydroxyl groups is 1. The first-order valence-electron chi connectivity index (χ1n) is 20.3. The Labute approximate surface area is 356 Å². The number of aliphatic hydroxyl groups excluding tert-OH is 1. The lowest BCUT2D eigenvalue weighted by Gasteiger charge is -2.13. The van der Waals surface area contributed by atoms with Crippen LogP contribution in [-0.2, 0) is 30.9 Å². The number of aromatic nitrogens is 9. The number of carbonyl (C=O) groups excluding carboxylic acids is 3. The summed E-state index contributed by atoms with van der Waals surface area (Å²) in [6.07, 6.45) is 6.52. The number of rotatable bonds is 20. The lowest BCUT2D eigenvalue weighted by atomic mass is 10.1. The normalized spacial score (nSPS) is 11.7. The average Bonchev–Trinajstić information content (AvgIpc) is 4.01. The number of ether oxygens (including phenoxy) is 3.